The molecule has 0 aliphatic heterocycles. The fourth-order valence-corrected chi connectivity index (χ4v) is 5.02. The highest BCUT2D eigenvalue weighted by molar-refractivity contribution is 7.92. The van der Waals surface area contributed by atoms with E-state index in [1.165, 1.54) is 11.0 Å². The van der Waals surface area contributed by atoms with E-state index in [9.17, 15) is 18.0 Å². The Hall–Kier alpha value is -2.00. The number of benzene rings is 2. The van der Waals surface area contributed by atoms with E-state index in [0.717, 1.165) is 22.5 Å². The fraction of sp³-hybridized carbons (Fsp3) is 0.417. The van der Waals surface area contributed by atoms with E-state index in [0.29, 0.717) is 33.6 Å². The standard InChI is InChI=1S/C24H30Cl3N3O4S/c1-5-12-28-24(32)22(6-2)29(14-18-19(25)8-7-9-20(18)26)23(31)15-30(35(4,33)34)17-11-10-16(3)21(27)13-17/h7-11,13,22H,5-6,12,14-15H2,1-4H3,(H,28,32). The number of rotatable bonds is 11. The Bertz CT molecular complexity index is 1150. The molecule has 0 heterocycles. The zero-order chi connectivity index (χ0) is 26.3. The van der Waals surface area contributed by atoms with Crippen molar-refractivity contribution >= 4 is 62.3 Å². The molecule has 2 aromatic carbocycles. The molecule has 0 saturated carbocycles. The summed E-state index contributed by atoms with van der Waals surface area (Å²) in [6, 6.07) is 8.85. The maximum absolute atomic E-state index is 13.7. The first-order valence-electron chi connectivity index (χ1n) is 11.1. The number of hydrogen-bond donors (Lipinski definition) is 1. The van der Waals surface area contributed by atoms with Crippen molar-refractivity contribution in [3.63, 3.8) is 0 Å². The van der Waals surface area contributed by atoms with Gasteiger partial charge in [-0.05, 0) is 49.6 Å². The zero-order valence-corrected chi connectivity index (χ0v) is 23.2. The molecule has 0 fully saturated rings. The van der Waals surface area contributed by atoms with Crippen LogP contribution in [0.5, 0.6) is 0 Å². The van der Waals surface area contributed by atoms with Gasteiger partial charge < -0.3 is 10.2 Å². The SMILES string of the molecule is CCCNC(=O)C(CC)N(Cc1c(Cl)cccc1Cl)C(=O)CN(c1ccc(C)c(Cl)c1)S(C)(=O)=O. The van der Waals surface area contributed by atoms with Gasteiger partial charge in [-0.3, -0.25) is 13.9 Å². The third kappa shape index (κ3) is 7.74. The van der Waals surface area contributed by atoms with Crippen molar-refractivity contribution in [3.8, 4) is 0 Å². The summed E-state index contributed by atoms with van der Waals surface area (Å²) in [6.45, 7) is 5.34. The van der Waals surface area contributed by atoms with Gasteiger partial charge in [0.15, 0.2) is 0 Å². The maximum atomic E-state index is 13.7. The lowest BCUT2D eigenvalue weighted by atomic mass is 10.1. The van der Waals surface area contributed by atoms with Crippen molar-refractivity contribution < 1.29 is 18.0 Å². The van der Waals surface area contributed by atoms with E-state index in [2.05, 4.69) is 5.32 Å². The van der Waals surface area contributed by atoms with Gasteiger partial charge in [0.1, 0.15) is 12.6 Å². The normalized spacial score (nSPS) is 12.2. The van der Waals surface area contributed by atoms with Crippen molar-refractivity contribution in [3.05, 3.63) is 62.6 Å². The molecule has 11 heteroatoms. The molecule has 0 aromatic heterocycles. The average molecular weight is 563 g/mol. The van der Waals surface area contributed by atoms with E-state index in [1.807, 2.05) is 6.92 Å². The highest BCUT2D eigenvalue weighted by Gasteiger charge is 2.32. The Morgan fingerprint density at radius 1 is 1.03 bits per heavy atom. The number of hydrogen-bond acceptors (Lipinski definition) is 4. The number of carbonyl (C=O) groups excluding carboxylic acids is 2. The summed E-state index contributed by atoms with van der Waals surface area (Å²) < 4.78 is 26.3. The number of sulfonamides is 1. The molecule has 0 aliphatic rings. The number of nitrogens with one attached hydrogen (secondary N) is 1. The second-order valence-electron chi connectivity index (χ2n) is 8.14. The minimum Gasteiger partial charge on any atom is -0.354 e. The van der Waals surface area contributed by atoms with Crippen molar-refractivity contribution in [2.75, 3.05) is 23.7 Å². The molecule has 2 aromatic rings. The summed E-state index contributed by atoms with van der Waals surface area (Å²) in [4.78, 5) is 27.9. The second-order valence-corrected chi connectivity index (χ2v) is 11.3. The smallest absolute Gasteiger partial charge is 0.244 e. The number of carbonyl (C=O) groups is 2. The lowest BCUT2D eigenvalue weighted by Crippen LogP contribution is -2.52. The van der Waals surface area contributed by atoms with Gasteiger partial charge in [0.2, 0.25) is 21.8 Å². The molecule has 0 aliphatic carbocycles. The number of nitrogens with zero attached hydrogens (tertiary/aromatic N) is 2. The van der Waals surface area contributed by atoms with Crippen molar-refractivity contribution in [2.45, 2.75) is 46.2 Å². The molecule has 0 bridgehead atoms. The molecule has 2 amide bonds. The lowest BCUT2D eigenvalue weighted by molar-refractivity contribution is -0.140. The molecule has 35 heavy (non-hydrogen) atoms. The highest BCUT2D eigenvalue weighted by atomic mass is 35.5. The third-order valence-corrected chi connectivity index (χ3v) is 7.70. The van der Waals surface area contributed by atoms with Crippen LogP contribution in [0.3, 0.4) is 0 Å². The fourth-order valence-electron chi connectivity index (χ4n) is 3.49. The van der Waals surface area contributed by atoms with Gasteiger partial charge in [0, 0.05) is 33.7 Å². The van der Waals surface area contributed by atoms with E-state index < -0.39 is 28.5 Å². The quantitative estimate of drug-likeness (QED) is 0.415. The topological polar surface area (TPSA) is 86.8 Å². The van der Waals surface area contributed by atoms with Gasteiger partial charge >= 0.3 is 0 Å². The molecular formula is C24H30Cl3N3O4S. The van der Waals surface area contributed by atoms with Crippen molar-refractivity contribution in [2.24, 2.45) is 0 Å². The van der Waals surface area contributed by atoms with Crippen molar-refractivity contribution in [1.82, 2.24) is 10.2 Å². The number of amides is 2. The van der Waals surface area contributed by atoms with Crippen LogP contribution in [0.15, 0.2) is 36.4 Å². The van der Waals surface area contributed by atoms with Crippen LogP contribution in [0.1, 0.15) is 37.8 Å². The molecule has 0 saturated heterocycles. The van der Waals surface area contributed by atoms with Gasteiger partial charge in [-0.25, -0.2) is 8.42 Å². The first kappa shape index (κ1) is 29.2. The predicted molar refractivity (Wildman–Crippen MR) is 143 cm³/mol. The van der Waals surface area contributed by atoms with Crippen LogP contribution in [0, 0.1) is 6.92 Å². The van der Waals surface area contributed by atoms with Crippen LogP contribution in [0.2, 0.25) is 15.1 Å². The monoisotopic (exact) mass is 561 g/mol. The van der Waals surface area contributed by atoms with E-state index in [1.54, 1.807) is 44.2 Å². The van der Waals surface area contributed by atoms with E-state index in [4.69, 9.17) is 34.8 Å². The molecule has 2 rings (SSSR count). The molecule has 0 spiro atoms. The van der Waals surface area contributed by atoms with Gasteiger partial charge in [0.25, 0.3) is 0 Å². The first-order chi connectivity index (χ1) is 16.4. The molecular weight excluding hydrogens is 533 g/mol. The molecule has 1 N–H and O–H groups in total. The summed E-state index contributed by atoms with van der Waals surface area (Å²) >= 11 is 18.9. The van der Waals surface area contributed by atoms with Crippen LogP contribution in [0.4, 0.5) is 5.69 Å². The first-order valence-corrected chi connectivity index (χ1v) is 14.1. The molecule has 1 unspecified atom stereocenters. The van der Waals surface area contributed by atoms with Crippen LogP contribution in [0.25, 0.3) is 0 Å². The molecule has 7 nitrogen and oxygen atoms in total. The van der Waals surface area contributed by atoms with Crippen LogP contribution in [-0.4, -0.2) is 50.5 Å². The Kier molecular flexibility index (Phi) is 10.7. The summed E-state index contributed by atoms with van der Waals surface area (Å²) in [7, 11) is -3.86. The lowest BCUT2D eigenvalue weighted by Gasteiger charge is -2.33. The second kappa shape index (κ2) is 12.8. The summed E-state index contributed by atoms with van der Waals surface area (Å²) in [6.07, 6.45) is 2.04. The van der Waals surface area contributed by atoms with Gasteiger partial charge in [0.05, 0.1) is 11.9 Å². The summed E-state index contributed by atoms with van der Waals surface area (Å²) in [5.74, 6) is -0.920. The van der Waals surface area contributed by atoms with Crippen LogP contribution < -0.4 is 9.62 Å². The number of aryl methyl sites for hydroxylation is 1. The largest absolute Gasteiger partial charge is 0.354 e. The Labute approximate surface area is 222 Å². The molecule has 1 atom stereocenters. The minimum atomic E-state index is -3.86. The van der Waals surface area contributed by atoms with Gasteiger partial charge in [-0.1, -0.05) is 60.8 Å². The summed E-state index contributed by atoms with van der Waals surface area (Å²) in [5.41, 5.74) is 1.48. The number of halogens is 3. The maximum Gasteiger partial charge on any atom is 0.244 e. The van der Waals surface area contributed by atoms with E-state index >= 15 is 0 Å². The Balaban J connectivity index is 2.50. The van der Waals surface area contributed by atoms with Gasteiger partial charge in [-0.2, -0.15) is 0 Å². The Morgan fingerprint density at radius 3 is 2.17 bits per heavy atom. The van der Waals surface area contributed by atoms with Crippen molar-refractivity contribution in [1.29, 1.82) is 0 Å². The summed E-state index contributed by atoms with van der Waals surface area (Å²) in [5, 5.41) is 3.86. The zero-order valence-electron chi connectivity index (χ0n) is 20.1. The van der Waals surface area contributed by atoms with Crippen LogP contribution in [-0.2, 0) is 26.2 Å². The predicted octanol–water partition coefficient (Wildman–Crippen LogP) is 5.05. The molecule has 0 radical (unpaired) electrons. The number of anilines is 1. The minimum absolute atomic E-state index is 0.0678. The van der Waals surface area contributed by atoms with Gasteiger partial charge in [-0.15, -0.1) is 0 Å². The highest BCUT2D eigenvalue weighted by Crippen LogP contribution is 2.28. The van der Waals surface area contributed by atoms with Crippen LogP contribution >= 0.6 is 34.8 Å². The Morgan fingerprint density at radius 2 is 1.66 bits per heavy atom. The average Bonchev–Trinajstić information content (AvgIpc) is 2.78. The molecule has 192 valence electrons. The van der Waals surface area contributed by atoms with E-state index in [-0.39, 0.29) is 18.1 Å². The third-order valence-electron chi connectivity index (χ3n) is 5.45.